The minimum absolute atomic E-state index is 0.685. The van der Waals surface area contributed by atoms with Crippen molar-refractivity contribution in [2.45, 2.75) is 45.7 Å². The van der Waals surface area contributed by atoms with Gasteiger partial charge in [-0.15, -0.1) is 0 Å². The summed E-state index contributed by atoms with van der Waals surface area (Å²) in [6.07, 6.45) is 3.73. The Labute approximate surface area is 130 Å². The van der Waals surface area contributed by atoms with Crippen molar-refractivity contribution in [3.8, 4) is 0 Å². The molecule has 21 heavy (non-hydrogen) atoms. The third-order valence-corrected chi connectivity index (χ3v) is 4.71. The van der Waals surface area contributed by atoms with Gasteiger partial charge in [-0.1, -0.05) is 13.0 Å². The lowest BCUT2D eigenvalue weighted by atomic mass is 10.0. The Morgan fingerprint density at radius 1 is 1.29 bits per heavy atom. The second kappa shape index (κ2) is 7.81. The summed E-state index contributed by atoms with van der Waals surface area (Å²) >= 11 is 0. The van der Waals surface area contributed by atoms with Gasteiger partial charge in [-0.25, -0.2) is 0 Å². The Hall–Kier alpha value is -1.06. The Morgan fingerprint density at radius 2 is 2.00 bits per heavy atom. The van der Waals surface area contributed by atoms with Crippen LogP contribution in [0.1, 0.15) is 37.3 Å². The van der Waals surface area contributed by atoms with Crippen molar-refractivity contribution in [1.29, 1.82) is 0 Å². The highest BCUT2D eigenvalue weighted by molar-refractivity contribution is 5.51. The molecule has 0 aromatic heterocycles. The number of likely N-dealkylation sites (tertiary alicyclic amines) is 1. The van der Waals surface area contributed by atoms with Gasteiger partial charge in [-0.2, -0.15) is 0 Å². The molecule has 0 atom stereocenters. The summed E-state index contributed by atoms with van der Waals surface area (Å²) in [5.74, 6) is 0. The molecule has 0 saturated carbocycles. The van der Waals surface area contributed by atoms with Gasteiger partial charge in [0.1, 0.15) is 0 Å². The number of hydrogen-bond donors (Lipinski definition) is 1. The second-order valence-corrected chi connectivity index (χ2v) is 6.43. The van der Waals surface area contributed by atoms with Crippen molar-refractivity contribution in [2.75, 3.05) is 38.6 Å². The first-order valence-electron chi connectivity index (χ1n) is 8.33. The van der Waals surface area contributed by atoms with E-state index in [1.54, 1.807) is 0 Å². The Morgan fingerprint density at radius 3 is 2.62 bits per heavy atom. The second-order valence-electron chi connectivity index (χ2n) is 6.43. The van der Waals surface area contributed by atoms with E-state index >= 15 is 0 Å². The van der Waals surface area contributed by atoms with E-state index in [0.717, 1.165) is 13.1 Å². The molecule has 1 N–H and O–H groups in total. The largest absolute Gasteiger partial charge is 0.372 e. The number of nitrogens with one attached hydrogen (secondary N) is 1. The van der Waals surface area contributed by atoms with E-state index in [2.05, 4.69) is 61.3 Å². The summed E-state index contributed by atoms with van der Waals surface area (Å²) in [4.78, 5) is 4.90. The van der Waals surface area contributed by atoms with Gasteiger partial charge in [0.15, 0.2) is 0 Å². The van der Waals surface area contributed by atoms with E-state index < -0.39 is 0 Å². The molecule has 1 heterocycles. The molecule has 0 aliphatic carbocycles. The van der Waals surface area contributed by atoms with E-state index in [4.69, 9.17) is 0 Å². The van der Waals surface area contributed by atoms with Crippen molar-refractivity contribution in [1.82, 2.24) is 10.2 Å². The van der Waals surface area contributed by atoms with E-state index in [1.165, 1.54) is 49.2 Å². The van der Waals surface area contributed by atoms with Crippen LogP contribution in [0.3, 0.4) is 0 Å². The van der Waals surface area contributed by atoms with Crippen LogP contribution >= 0.6 is 0 Å². The average Bonchev–Trinajstić information content (AvgIpc) is 2.49. The lowest BCUT2D eigenvalue weighted by Gasteiger charge is -2.36. The van der Waals surface area contributed by atoms with Crippen molar-refractivity contribution < 1.29 is 0 Å². The number of nitrogens with zero attached hydrogens (tertiary/aromatic N) is 2. The van der Waals surface area contributed by atoms with Crippen LogP contribution < -0.4 is 10.2 Å². The Kier molecular flexibility index (Phi) is 6.07. The fraction of sp³-hybridized carbons (Fsp3) is 0.667. The van der Waals surface area contributed by atoms with Crippen LogP contribution in [-0.4, -0.2) is 44.7 Å². The van der Waals surface area contributed by atoms with Gasteiger partial charge in [0.2, 0.25) is 0 Å². The topological polar surface area (TPSA) is 18.5 Å². The smallest absolute Gasteiger partial charge is 0.0368 e. The zero-order valence-corrected chi connectivity index (χ0v) is 14.2. The molecule has 0 amide bonds. The standard InChI is InChI=1S/C18H31N3/c1-5-10-19-14-16-6-7-18(13-15(16)2)21(4)17-8-11-20(3)12-9-17/h6-7,13,17,19H,5,8-12,14H2,1-4H3. The molecule has 0 radical (unpaired) electrons. The monoisotopic (exact) mass is 289 g/mol. The van der Waals surface area contributed by atoms with Gasteiger partial charge in [-0.3, -0.25) is 0 Å². The molecule has 2 rings (SSSR count). The SMILES string of the molecule is CCCNCc1ccc(N(C)C2CCN(C)CC2)cc1C. The molecule has 1 saturated heterocycles. The van der Waals surface area contributed by atoms with Crippen molar-refractivity contribution >= 4 is 5.69 Å². The van der Waals surface area contributed by atoms with Gasteiger partial charge in [-0.05, 0) is 76.1 Å². The number of anilines is 1. The molecule has 0 bridgehead atoms. The maximum atomic E-state index is 3.49. The maximum absolute atomic E-state index is 3.49. The molecular weight excluding hydrogens is 258 g/mol. The molecule has 118 valence electrons. The highest BCUT2D eigenvalue weighted by Crippen LogP contribution is 2.24. The summed E-state index contributed by atoms with van der Waals surface area (Å²) in [6.45, 7) is 8.95. The third kappa shape index (κ3) is 4.45. The van der Waals surface area contributed by atoms with E-state index in [0.29, 0.717) is 6.04 Å². The fourth-order valence-corrected chi connectivity index (χ4v) is 3.09. The molecule has 1 aromatic rings. The van der Waals surface area contributed by atoms with Crippen LogP contribution in [-0.2, 0) is 6.54 Å². The van der Waals surface area contributed by atoms with Gasteiger partial charge >= 0.3 is 0 Å². The minimum Gasteiger partial charge on any atom is -0.372 e. The van der Waals surface area contributed by atoms with Crippen molar-refractivity contribution in [2.24, 2.45) is 0 Å². The van der Waals surface area contributed by atoms with Crippen LogP contribution in [0.2, 0.25) is 0 Å². The maximum Gasteiger partial charge on any atom is 0.0368 e. The lowest BCUT2D eigenvalue weighted by Crippen LogP contribution is -2.42. The summed E-state index contributed by atoms with van der Waals surface area (Å²) in [6, 6.07) is 7.61. The summed E-state index contributed by atoms with van der Waals surface area (Å²) in [5.41, 5.74) is 4.18. The number of aryl methyl sites for hydroxylation is 1. The summed E-state index contributed by atoms with van der Waals surface area (Å²) in [5, 5.41) is 3.49. The minimum atomic E-state index is 0.685. The predicted molar refractivity (Wildman–Crippen MR) is 92.1 cm³/mol. The van der Waals surface area contributed by atoms with Gasteiger partial charge < -0.3 is 15.1 Å². The van der Waals surface area contributed by atoms with Gasteiger partial charge in [0.05, 0.1) is 0 Å². The Bertz CT molecular complexity index is 436. The normalized spacial score (nSPS) is 17.1. The highest BCUT2D eigenvalue weighted by atomic mass is 15.2. The summed E-state index contributed by atoms with van der Waals surface area (Å²) in [7, 11) is 4.47. The first kappa shape index (κ1) is 16.3. The first-order chi connectivity index (χ1) is 10.1. The molecular formula is C18H31N3. The molecule has 3 heteroatoms. The number of piperidine rings is 1. The molecule has 1 fully saturated rings. The predicted octanol–water partition coefficient (Wildman–Crippen LogP) is 3.03. The molecule has 1 aliphatic rings. The molecule has 3 nitrogen and oxygen atoms in total. The van der Waals surface area contributed by atoms with Crippen LogP contribution in [0.15, 0.2) is 18.2 Å². The number of benzene rings is 1. The third-order valence-electron chi connectivity index (χ3n) is 4.71. The number of rotatable bonds is 6. The van der Waals surface area contributed by atoms with Gasteiger partial charge in [0, 0.05) is 25.3 Å². The van der Waals surface area contributed by atoms with Crippen LogP contribution in [0.5, 0.6) is 0 Å². The van der Waals surface area contributed by atoms with E-state index in [9.17, 15) is 0 Å². The van der Waals surface area contributed by atoms with Crippen molar-refractivity contribution in [3.63, 3.8) is 0 Å². The van der Waals surface area contributed by atoms with E-state index in [-0.39, 0.29) is 0 Å². The zero-order chi connectivity index (χ0) is 15.2. The quantitative estimate of drug-likeness (QED) is 0.812. The Balaban J connectivity index is 1.98. The first-order valence-corrected chi connectivity index (χ1v) is 8.33. The average molecular weight is 289 g/mol. The number of hydrogen-bond acceptors (Lipinski definition) is 3. The highest BCUT2D eigenvalue weighted by Gasteiger charge is 2.20. The molecule has 1 aliphatic heterocycles. The molecule has 1 aromatic carbocycles. The van der Waals surface area contributed by atoms with Crippen molar-refractivity contribution in [3.05, 3.63) is 29.3 Å². The zero-order valence-electron chi connectivity index (χ0n) is 14.2. The van der Waals surface area contributed by atoms with Crippen LogP contribution in [0.25, 0.3) is 0 Å². The van der Waals surface area contributed by atoms with Crippen LogP contribution in [0, 0.1) is 6.92 Å². The van der Waals surface area contributed by atoms with Crippen LogP contribution in [0.4, 0.5) is 5.69 Å². The lowest BCUT2D eigenvalue weighted by molar-refractivity contribution is 0.253. The molecule has 0 spiro atoms. The molecule has 0 unspecified atom stereocenters. The summed E-state index contributed by atoms with van der Waals surface area (Å²) < 4.78 is 0. The fourth-order valence-electron chi connectivity index (χ4n) is 3.09. The van der Waals surface area contributed by atoms with Gasteiger partial charge in [0.25, 0.3) is 0 Å². The van der Waals surface area contributed by atoms with E-state index in [1.807, 2.05) is 0 Å².